The number of pyridine rings is 2. The van der Waals surface area contributed by atoms with Crippen LogP contribution in [0.1, 0.15) is 17.3 Å². The predicted molar refractivity (Wildman–Crippen MR) is 93.1 cm³/mol. The number of aromatic nitrogens is 2. The summed E-state index contributed by atoms with van der Waals surface area (Å²) < 4.78 is 56.9. The molecule has 1 N–H and O–H groups in total. The first kappa shape index (κ1) is 20.6. The quantitative estimate of drug-likeness (QED) is 0.601. The summed E-state index contributed by atoms with van der Waals surface area (Å²) >= 11 is 0. The highest BCUT2D eigenvalue weighted by molar-refractivity contribution is 5.93. The van der Waals surface area contributed by atoms with Crippen molar-refractivity contribution in [2.75, 3.05) is 37.7 Å². The number of fused-ring (bicyclic) bond motifs is 1. The van der Waals surface area contributed by atoms with Gasteiger partial charge in [0.05, 0.1) is 12.0 Å². The van der Waals surface area contributed by atoms with Crippen LogP contribution in [-0.2, 0) is 9.53 Å². The number of anilines is 1. The molecule has 2 aromatic heterocycles. The number of carbonyl (C=O) groups excluding carboxylic acids is 2. The van der Waals surface area contributed by atoms with E-state index in [-0.39, 0.29) is 55.2 Å². The van der Waals surface area contributed by atoms with Crippen molar-refractivity contribution in [3.8, 4) is 0 Å². The number of hydrogen-bond donors (Lipinski definition) is 1. The molecule has 2 aromatic rings. The molecule has 3 heterocycles. The molecule has 29 heavy (non-hydrogen) atoms. The van der Waals surface area contributed by atoms with Crippen LogP contribution < -0.4 is 10.3 Å². The van der Waals surface area contributed by atoms with Gasteiger partial charge in [-0.1, -0.05) is 0 Å². The average Bonchev–Trinajstić information content (AvgIpc) is 2.67. The third kappa shape index (κ3) is 4.00. The number of H-pyrrole nitrogens is 1. The van der Waals surface area contributed by atoms with Gasteiger partial charge in [0, 0.05) is 32.4 Å². The molecule has 0 bridgehead atoms. The number of alkyl halides is 3. The van der Waals surface area contributed by atoms with E-state index in [4.69, 9.17) is 4.74 Å². The zero-order valence-electron chi connectivity index (χ0n) is 15.2. The molecule has 0 saturated carbocycles. The van der Waals surface area contributed by atoms with Gasteiger partial charge in [0.1, 0.15) is 11.2 Å². The van der Waals surface area contributed by atoms with Crippen LogP contribution in [0.15, 0.2) is 17.1 Å². The summed E-state index contributed by atoms with van der Waals surface area (Å²) in [7, 11) is 0. The Hall–Kier alpha value is -3.18. The largest absolute Gasteiger partial charge is 0.471 e. The summed E-state index contributed by atoms with van der Waals surface area (Å²) in [5.41, 5.74) is -1.04. The summed E-state index contributed by atoms with van der Waals surface area (Å²) in [6.45, 7) is 0.990. The number of amides is 1. The monoisotopic (exact) mass is 416 g/mol. The Bertz CT molecular complexity index is 1010. The second-order valence-electron chi connectivity index (χ2n) is 6.22. The Kier molecular flexibility index (Phi) is 5.44. The van der Waals surface area contributed by atoms with Crippen LogP contribution in [0.4, 0.5) is 23.4 Å². The van der Waals surface area contributed by atoms with Gasteiger partial charge in [-0.15, -0.1) is 0 Å². The Morgan fingerprint density at radius 1 is 1.24 bits per heavy atom. The van der Waals surface area contributed by atoms with Crippen LogP contribution in [0, 0.1) is 5.82 Å². The van der Waals surface area contributed by atoms with Crippen LogP contribution in [0.25, 0.3) is 11.0 Å². The summed E-state index contributed by atoms with van der Waals surface area (Å²) in [4.78, 5) is 44.2. The fourth-order valence-electron chi connectivity index (χ4n) is 3.00. The molecule has 0 atom stereocenters. The van der Waals surface area contributed by atoms with E-state index in [0.29, 0.717) is 4.90 Å². The number of nitrogens with zero attached hydrogens (tertiary/aromatic N) is 3. The number of esters is 1. The third-order valence-electron chi connectivity index (χ3n) is 4.40. The first-order chi connectivity index (χ1) is 13.6. The van der Waals surface area contributed by atoms with E-state index in [9.17, 15) is 31.9 Å². The van der Waals surface area contributed by atoms with Gasteiger partial charge in [0.2, 0.25) is 5.43 Å². The SMILES string of the molecule is CCOC(=O)c1c[nH]c2nc(N3CCN(C(=O)C(F)(F)F)CC3)c(F)cc2c1=O. The average molecular weight is 416 g/mol. The van der Waals surface area contributed by atoms with E-state index in [1.807, 2.05) is 0 Å². The van der Waals surface area contributed by atoms with E-state index in [1.165, 1.54) is 4.90 Å². The van der Waals surface area contributed by atoms with Gasteiger partial charge in [-0.25, -0.2) is 14.2 Å². The maximum absolute atomic E-state index is 14.6. The van der Waals surface area contributed by atoms with Crippen molar-refractivity contribution in [3.63, 3.8) is 0 Å². The fraction of sp³-hybridized carbons (Fsp3) is 0.412. The second kappa shape index (κ2) is 7.68. The molecule has 1 fully saturated rings. The lowest BCUT2D eigenvalue weighted by molar-refractivity contribution is -0.185. The van der Waals surface area contributed by atoms with Crippen molar-refractivity contribution in [2.45, 2.75) is 13.1 Å². The van der Waals surface area contributed by atoms with Gasteiger partial charge >= 0.3 is 18.1 Å². The van der Waals surface area contributed by atoms with Gasteiger partial charge in [0.15, 0.2) is 11.6 Å². The molecule has 0 spiro atoms. The molecule has 156 valence electrons. The second-order valence-corrected chi connectivity index (χ2v) is 6.22. The van der Waals surface area contributed by atoms with Crippen molar-refractivity contribution in [2.24, 2.45) is 0 Å². The molecule has 1 amide bonds. The topological polar surface area (TPSA) is 95.6 Å². The van der Waals surface area contributed by atoms with Crippen molar-refractivity contribution in [3.05, 3.63) is 33.9 Å². The summed E-state index contributed by atoms with van der Waals surface area (Å²) in [6, 6.07) is 0.909. The van der Waals surface area contributed by atoms with Crippen LogP contribution >= 0.6 is 0 Å². The molecule has 0 aromatic carbocycles. The molecular formula is C17H16F4N4O4. The van der Waals surface area contributed by atoms with E-state index < -0.39 is 29.3 Å². The number of halogens is 4. The molecule has 8 nitrogen and oxygen atoms in total. The number of rotatable bonds is 3. The smallest absolute Gasteiger partial charge is 0.462 e. The number of aromatic amines is 1. The van der Waals surface area contributed by atoms with Crippen LogP contribution in [-0.4, -0.2) is 65.7 Å². The summed E-state index contributed by atoms with van der Waals surface area (Å²) in [6.07, 6.45) is -3.86. The van der Waals surface area contributed by atoms with Gasteiger partial charge in [-0.2, -0.15) is 13.2 Å². The molecule has 1 aliphatic rings. The fourth-order valence-corrected chi connectivity index (χ4v) is 3.00. The minimum atomic E-state index is -4.97. The van der Waals surface area contributed by atoms with Gasteiger partial charge in [-0.3, -0.25) is 9.59 Å². The molecule has 0 radical (unpaired) electrons. The van der Waals surface area contributed by atoms with E-state index in [1.54, 1.807) is 6.92 Å². The number of ether oxygens (including phenoxy) is 1. The van der Waals surface area contributed by atoms with E-state index in [2.05, 4.69) is 9.97 Å². The third-order valence-corrected chi connectivity index (χ3v) is 4.40. The lowest BCUT2D eigenvalue weighted by atomic mass is 10.2. The molecule has 0 aliphatic carbocycles. The Labute approximate surface area is 161 Å². The molecule has 3 rings (SSSR count). The number of nitrogens with one attached hydrogen (secondary N) is 1. The summed E-state index contributed by atoms with van der Waals surface area (Å²) in [5.74, 6) is -3.85. The van der Waals surface area contributed by atoms with E-state index in [0.717, 1.165) is 12.3 Å². The van der Waals surface area contributed by atoms with Gasteiger partial charge in [-0.05, 0) is 13.0 Å². The number of carbonyl (C=O) groups is 2. The van der Waals surface area contributed by atoms with Crippen molar-refractivity contribution >= 4 is 28.7 Å². The highest BCUT2D eigenvalue weighted by Crippen LogP contribution is 2.24. The molecule has 1 saturated heterocycles. The zero-order chi connectivity index (χ0) is 21.3. The van der Waals surface area contributed by atoms with Gasteiger partial charge in [0.25, 0.3) is 0 Å². The maximum Gasteiger partial charge on any atom is 0.471 e. The molecule has 12 heteroatoms. The Balaban J connectivity index is 1.86. The minimum absolute atomic E-state index is 0.00764. The van der Waals surface area contributed by atoms with Crippen molar-refractivity contribution < 1.29 is 31.9 Å². The first-order valence-electron chi connectivity index (χ1n) is 8.63. The van der Waals surface area contributed by atoms with Crippen LogP contribution in [0.3, 0.4) is 0 Å². The van der Waals surface area contributed by atoms with Crippen LogP contribution in [0.5, 0.6) is 0 Å². The lowest BCUT2D eigenvalue weighted by Gasteiger charge is -2.35. The molecule has 1 aliphatic heterocycles. The van der Waals surface area contributed by atoms with Crippen LogP contribution in [0.2, 0.25) is 0 Å². The molecular weight excluding hydrogens is 400 g/mol. The highest BCUT2D eigenvalue weighted by Gasteiger charge is 2.43. The summed E-state index contributed by atoms with van der Waals surface area (Å²) in [5, 5.41) is -0.164. The van der Waals surface area contributed by atoms with Crippen molar-refractivity contribution in [1.29, 1.82) is 0 Å². The molecule has 0 unspecified atom stereocenters. The highest BCUT2D eigenvalue weighted by atomic mass is 19.4. The maximum atomic E-state index is 14.6. The normalized spacial score (nSPS) is 14.9. The Morgan fingerprint density at radius 2 is 1.90 bits per heavy atom. The first-order valence-corrected chi connectivity index (χ1v) is 8.63. The van der Waals surface area contributed by atoms with Crippen molar-refractivity contribution in [1.82, 2.24) is 14.9 Å². The zero-order valence-corrected chi connectivity index (χ0v) is 15.2. The number of piperazine rings is 1. The van der Waals surface area contributed by atoms with Gasteiger partial charge < -0.3 is 19.5 Å². The minimum Gasteiger partial charge on any atom is -0.462 e. The number of hydrogen-bond acceptors (Lipinski definition) is 6. The van der Waals surface area contributed by atoms with E-state index >= 15 is 0 Å². The standard InChI is InChI=1S/C17H16F4N4O4/c1-2-29-15(27)10-8-22-13-9(12(10)26)7-11(18)14(23-13)24-3-5-25(6-4-24)16(28)17(19,20)21/h7-8H,2-6H2,1H3,(H,22,23,26). The Morgan fingerprint density at radius 3 is 2.48 bits per heavy atom. The lowest BCUT2D eigenvalue weighted by Crippen LogP contribution is -2.52. The predicted octanol–water partition coefficient (Wildman–Crippen LogP) is 1.45.